The van der Waals surface area contributed by atoms with Crippen LogP contribution in [0, 0.1) is 5.41 Å². The first-order valence-corrected chi connectivity index (χ1v) is 5.79. The molecule has 0 atom stereocenters. The predicted octanol–water partition coefficient (Wildman–Crippen LogP) is 1.93. The zero-order chi connectivity index (χ0) is 13.9. The third kappa shape index (κ3) is 4.24. The number of hydrogen-bond acceptors (Lipinski definition) is 2. The van der Waals surface area contributed by atoms with E-state index in [9.17, 15) is 9.59 Å². The molecule has 0 aromatic heterocycles. The summed E-state index contributed by atoms with van der Waals surface area (Å²) in [6, 6.07) is -0.244. The summed E-state index contributed by atoms with van der Waals surface area (Å²) in [6.07, 6.45) is 0.833. The topological polar surface area (TPSA) is 69.6 Å². The standard InChI is InChI=1S/C12H24N2O3/c1-7-12(4,5)14(6)10(17)13-8-11(2,3)9(15)16/h7-8H2,1-6H3,(H,13,17)(H,15,16). The van der Waals surface area contributed by atoms with Crippen molar-refractivity contribution in [1.82, 2.24) is 10.2 Å². The molecule has 0 radical (unpaired) electrons. The average Bonchev–Trinajstić information content (AvgIpc) is 2.24. The van der Waals surface area contributed by atoms with Crippen molar-refractivity contribution in [3.8, 4) is 0 Å². The molecule has 0 heterocycles. The lowest BCUT2D eigenvalue weighted by molar-refractivity contribution is -0.146. The number of amides is 2. The smallest absolute Gasteiger partial charge is 0.317 e. The molecule has 2 N–H and O–H groups in total. The molecule has 0 unspecified atom stereocenters. The lowest BCUT2D eigenvalue weighted by Crippen LogP contribution is -2.51. The molecule has 0 aromatic carbocycles. The van der Waals surface area contributed by atoms with Crippen LogP contribution in [-0.2, 0) is 4.79 Å². The van der Waals surface area contributed by atoms with E-state index in [1.807, 2.05) is 20.8 Å². The molecular weight excluding hydrogens is 220 g/mol. The van der Waals surface area contributed by atoms with E-state index in [4.69, 9.17) is 5.11 Å². The summed E-state index contributed by atoms with van der Waals surface area (Å²) in [7, 11) is 1.71. The molecule has 5 heteroatoms. The summed E-state index contributed by atoms with van der Waals surface area (Å²) < 4.78 is 0. The van der Waals surface area contributed by atoms with Crippen LogP contribution in [0.4, 0.5) is 4.79 Å². The molecule has 0 aliphatic carbocycles. The highest BCUT2D eigenvalue weighted by atomic mass is 16.4. The van der Waals surface area contributed by atoms with Crippen molar-refractivity contribution in [2.75, 3.05) is 13.6 Å². The van der Waals surface area contributed by atoms with Crippen LogP contribution in [0.15, 0.2) is 0 Å². The monoisotopic (exact) mass is 244 g/mol. The number of nitrogens with zero attached hydrogens (tertiary/aromatic N) is 1. The Labute approximate surface area is 103 Å². The summed E-state index contributed by atoms with van der Waals surface area (Å²) in [4.78, 5) is 24.3. The quantitative estimate of drug-likeness (QED) is 0.776. The van der Waals surface area contributed by atoms with E-state index in [1.165, 1.54) is 0 Å². The average molecular weight is 244 g/mol. The van der Waals surface area contributed by atoms with Gasteiger partial charge in [0.2, 0.25) is 0 Å². The molecule has 0 bridgehead atoms. The van der Waals surface area contributed by atoms with Crippen LogP contribution in [0.25, 0.3) is 0 Å². The Morgan fingerprint density at radius 2 is 1.71 bits per heavy atom. The van der Waals surface area contributed by atoms with Crippen LogP contribution < -0.4 is 5.32 Å². The maximum absolute atomic E-state index is 11.8. The molecule has 0 saturated heterocycles. The van der Waals surface area contributed by atoms with Crippen LogP contribution in [-0.4, -0.2) is 41.1 Å². The van der Waals surface area contributed by atoms with E-state index in [2.05, 4.69) is 5.32 Å². The van der Waals surface area contributed by atoms with Gasteiger partial charge in [0.25, 0.3) is 0 Å². The number of nitrogens with one attached hydrogen (secondary N) is 1. The molecule has 0 fully saturated rings. The van der Waals surface area contributed by atoms with E-state index < -0.39 is 11.4 Å². The summed E-state index contributed by atoms with van der Waals surface area (Å²) in [5, 5.41) is 11.6. The second-order valence-electron chi connectivity index (χ2n) is 5.57. The van der Waals surface area contributed by atoms with Crippen LogP contribution in [0.1, 0.15) is 41.0 Å². The van der Waals surface area contributed by atoms with Crippen molar-refractivity contribution in [3.05, 3.63) is 0 Å². The number of hydrogen-bond donors (Lipinski definition) is 2. The molecule has 2 amide bonds. The van der Waals surface area contributed by atoms with Gasteiger partial charge in [-0.05, 0) is 34.1 Å². The third-order valence-electron chi connectivity index (χ3n) is 3.34. The van der Waals surface area contributed by atoms with E-state index in [0.717, 1.165) is 6.42 Å². The minimum Gasteiger partial charge on any atom is -0.481 e. The first kappa shape index (κ1) is 15.7. The first-order valence-electron chi connectivity index (χ1n) is 5.79. The highest BCUT2D eigenvalue weighted by Crippen LogP contribution is 2.17. The Morgan fingerprint density at radius 3 is 2.06 bits per heavy atom. The van der Waals surface area contributed by atoms with Gasteiger partial charge in [0.15, 0.2) is 0 Å². The minimum atomic E-state index is -0.952. The van der Waals surface area contributed by atoms with Crippen LogP contribution in [0.3, 0.4) is 0 Å². The third-order valence-corrected chi connectivity index (χ3v) is 3.34. The van der Waals surface area contributed by atoms with E-state index >= 15 is 0 Å². The number of aliphatic carboxylic acids is 1. The van der Waals surface area contributed by atoms with Crippen LogP contribution in [0.5, 0.6) is 0 Å². The van der Waals surface area contributed by atoms with Gasteiger partial charge < -0.3 is 15.3 Å². The van der Waals surface area contributed by atoms with Gasteiger partial charge in [0.1, 0.15) is 0 Å². The number of urea groups is 1. The molecule has 0 aliphatic heterocycles. The predicted molar refractivity (Wildman–Crippen MR) is 66.9 cm³/mol. The molecule has 0 rings (SSSR count). The highest BCUT2D eigenvalue weighted by molar-refractivity contribution is 5.77. The summed E-state index contributed by atoms with van der Waals surface area (Å²) in [5.74, 6) is -0.921. The van der Waals surface area contributed by atoms with Gasteiger partial charge in [0.05, 0.1) is 5.41 Å². The molecule has 0 aliphatic rings. The summed E-state index contributed by atoms with van der Waals surface area (Å²) in [5.41, 5.74) is -1.19. The van der Waals surface area contributed by atoms with Crippen molar-refractivity contribution in [2.45, 2.75) is 46.6 Å². The fourth-order valence-corrected chi connectivity index (χ4v) is 1.00. The summed E-state index contributed by atoms with van der Waals surface area (Å²) in [6.45, 7) is 9.22. The molecule has 100 valence electrons. The number of carboxylic acids is 1. The first-order chi connectivity index (χ1) is 7.54. The van der Waals surface area contributed by atoms with Gasteiger partial charge in [-0.1, -0.05) is 6.92 Å². The number of carbonyl (C=O) groups is 2. The second-order valence-corrected chi connectivity index (χ2v) is 5.57. The van der Waals surface area contributed by atoms with Crippen molar-refractivity contribution < 1.29 is 14.7 Å². The Balaban J connectivity index is 4.43. The Morgan fingerprint density at radius 1 is 1.24 bits per heavy atom. The van der Waals surface area contributed by atoms with Crippen molar-refractivity contribution in [1.29, 1.82) is 0 Å². The molecular formula is C12H24N2O3. The maximum atomic E-state index is 11.8. The van der Waals surface area contributed by atoms with Crippen molar-refractivity contribution in [2.24, 2.45) is 5.41 Å². The maximum Gasteiger partial charge on any atom is 0.317 e. The number of carboxylic acid groups (broad SMARTS) is 1. The molecule has 17 heavy (non-hydrogen) atoms. The number of carbonyl (C=O) groups excluding carboxylic acids is 1. The Bertz CT molecular complexity index is 298. The van der Waals surface area contributed by atoms with Gasteiger partial charge >= 0.3 is 12.0 Å². The Kier molecular flexibility index (Phi) is 4.98. The van der Waals surface area contributed by atoms with E-state index in [-0.39, 0.29) is 18.1 Å². The van der Waals surface area contributed by atoms with Crippen molar-refractivity contribution in [3.63, 3.8) is 0 Å². The lowest BCUT2D eigenvalue weighted by Gasteiger charge is -2.35. The van der Waals surface area contributed by atoms with Gasteiger partial charge in [0, 0.05) is 19.1 Å². The SMILES string of the molecule is CCC(C)(C)N(C)C(=O)NCC(C)(C)C(=O)O. The molecule has 0 aromatic rings. The zero-order valence-corrected chi connectivity index (χ0v) is 11.6. The highest BCUT2D eigenvalue weighted by Gasteiger charge is 2.30. The number of rotatable bonds is 5. The normalized spacial score (nSPS) is 12.1. The van der Waals surface area contributed by atoms with Gasteiger partial charge in [-0.15, -0.1) is 0 Å². The fourth-order valence-electron chi connectivity index (χ4n) is 1.00. The molecule has 0 spiro atoms. The molecule has 0 saturated carbocycles. The van der Waals surface area contributed by atoms with E-state index in [1.54, 1.807) is 25.8 Å². The van der Waals surface area contributed by atoms with E-state index in [0.29, 0.717) is 0 Å². The largest absolute Gasteiger partial charge is 0.481 e. The fraction of sp³-hybridized carbons (Fsp3) is 0.833. The van der Waals surface area contributed by atoms with Gasteiger partial charge in [-0.25, -0.2) is 4.79 Å². The second kappa shape index (κ2) is 5.38. The summed E-state index contributed by atoms with van der Waals surface area (Å²) >= 11 is 0. The van der Waals surface area contributed by atoms with Gasteiger partial charge in [-0.3, -0.25) is 4.79 Å². The zero-order valence-electron chi connectivity index (χ0n) is 11.6. The minimum absolute atomic E-state index is 0.116. The molecule has 5 nitrogen and oxygen atoms in total. The van der Waals surface area contributed by atoms with Gasteiger partial charge in [-0.2, -0.15) is 0 Å². The Hall–Kier alpha value is -1.26. The van der Waals surface area contributed by atoms with Crippen LogP contribution >= 0.6 is 0 Å². The van der Waals surface area contributed by atoms with Crippen LogP contribution in [0.2, 0.25) is 0 Å². The van der Waals surface area contributed by atoms with Crippen molar-refractivity contribution >= 4 is 12.0 Å². The lowest BCUT2D eigenvalue weighted by atomic mass is 9.94.